The van der Waals surface area contributed by atoms with E-state index in [2.05, 4.69) is 10.6 Å². The Hall–Kier alpha value is -4.86. The first-order valence-corrected chi connectivity index (χ1v) is 9.92. The van der Waals surface area contributed by atoms with Gasteiger partial charge in [0.1, 0.15) is 0 Å². The van der Waals surface area contributed by atoms with E-state index in [-0.39, 0.29) is 11.1 Å². The van der Waals surface area contributed by atoms with E-state index in [0.29, 0.717) is 33.9 Å². The summed E-state index contributed by atoms with van der Waals surface area (Å²) in [6.07, 6.45) is 0. The first-order chi connectivity index (χ1) is 16.2. The third-order valence-corrected chi connectivity index (χ3v) is 4.86. The van der Waals surface area contributed by atoms with Crippen LogP contribution in [0.5, 0.6) is 0 Å². The van der Waals surface area contributed by atoms with E-state index in [0.717, 1.165) is 0 Å². The summed E-state index contributed by atoms with van der Waals surface area (Å²) in [5.74, 6) is -2.61. The van der Waals surface area contributed by atoms with Crippen LogP contribution >= 0.6 is 0 Å². The van der Waals surface area contributed by atoms with Crippen molar-refractivity contribution >= 4 is 46.5 Å². The molecule has 34 heavy (non-hydrogen) atoms. The van der Waals surface area contributed by atoms with Gasteiger partial charge in [-0.2, -0.15) is 0 Å². The summed E-state index contributed by atoms with van der Waals surface area (Å²) in [4.78, 5) is 47.2. The number of primary amides is 2. The van der Waals surface area contributed by atoms with Crippen molar-refractivity contribution in [2.24, 2.45) is 11.5 Å². The molecule has 174 valence electrons. The SMILES string of the molecule is COC(=O)c1ccc(Nc2cc(C(N)=O)c(C(N)=O)cc2Nc2ccc(C(=O)OC)cc2)cc1. The maximum atomic E-state index is 12.0. The maximum absolute atomic E-state index is 12.0. The van der Waals surface area contributed by atoms with Crippen molar-refractivity contribution in [3.05, 3.63) is 82.9 Å². The fourth-order valence-electron chi connectivity index (χ4n) is 3.14. The van der Waals surface area contributed by atoms with Gasteiger partial charge in [0.25, 0.3) is 0 Å². The van der Waals surface area contributed by atoms with Crippen LogP contribution in [-0.4, -0.2) is 38.0 Å². The highest BCUT2D eigenvalue weighted by atomic mass is 16.5. The molecule has 0 spiro atoms. The Morgan fingerprint density at radius 3 is 1.21 bits per heavy atom. The number of ether oxygens (including phenoxy) is 2. The fraction of sp³-hybridized carbons (Fsp3) is 0.0833. The molecule has 10 heteroatoms. The number of benzene rings is 3. The summed E-state index contributed by atoms with van der Waals surface area (Å²) in [6, 6.07) is 15.7. The zero-order valence-corrected chi connectivity index (χ0v) is 18.4. The van der Waals surface area contributed by atoms with Gasteiger partial charge in [-0.25, -0.2) is 9.59 Å². The number of esters is 2. The largest absolute Gasteiger partial charge is 0.465 e. The second kappa shape index (κ2) is 10.2. The molecule has 0 atom stereocenters. The molecular weight excluding hydrogens is 440 g/mol. The normalized spacial score (nSPS) is 10.2. The van der Waals surface area contributed by atoms with Gasteiger partial charge in [-0.3, -0.25) is 9.59 Å². The highest BCUT2D eigenvalue weighted by Gasteiger charge is 2.18. The van der Waals surface area contributed by atoms with Gasteiger partial charge in [-0.1, -0.05) is 0 Å². The lowest BCUT2D eigenvalue weighted by Crippen LogP contribution is -2.21. The van der Waals surface area contributed by atoms with Crippen LogP contribution in [0, 0.1) is 0 Å². The maximum Gasteiger partial charge on any atom is 0.337 e. The number of hydrogen-bond acceptors (Lipinski definition) is 8. The molecule has 0 saturated heterocycles. The van der Waals surface area contributed by atoms with E-state index in [1.807, 2.05) is 0 Å². The van der Waals surface area contributed by atoms with Crippen LogP contribution in [0.25, 0.3) is 0 Å². The highest BCUT2D eigenvalue weighted by molar-refractivity contribution is 6.08. The van der Waals surface area contributed by atoms with Crippen LogP contribution in [0.2, 0.25) is 0 Å². The molecule has 0 aliphatic rings. The van der Waals surface area contributed by atoms with Gasteiger partial charge < -0.3 is 31.6 Å². The number of carbonyl (C=O) groups excluding carboxylic acids is 4. The number of hydrogen-bond donors (Lipinski definition) is 4. The third-order valence-electron chi connectivity index (χ3n) is 4.86. The van der Waals surface area contributed by atoms with Gasteiger partial charge in [0.2, 0.25) is 11.8 Å². The Balaban J connectivity index is 2.01. The lowest BCUT2D eigenvalue weighted by atomic mass is 10.0. The number of nitrogens with two attached hydrogens (primary N) is 2. The van der Waals surface area contributed by atoms with E-state index in [1.165, 1.54) is 26.4 Å². The molecule has 0 aliphatic heterocycles. The van der Waals surface area contributed by atoms with Gasteiger partial charge in [0.15, 0.2) is 0 Å². The predicted molar refractivity (Wildman–Crippen MR) is 126 cm³/mol. The first kappa shape index (κ1) is 23.8. The summed E-state index contributed by atoms with van der Waals surface area (Å²) in [6.45, 7) is 0. The highest BCUT2D eigenvalue weighted by Crippen LogP contribution is 2.32. The van der Waals surface area contributed by atoms with E-state index >= 15 is 0 Å². The minimum atomic E-state index is -0.827. The average molecular weight is 462 g/mol. The van der Waals surface area contributed by atoms with E-state index in [9.17, 15) is 19.2 Å². The minimum Gasteiger partial charge on any atom is -0.465 e. The molecule has 0 bridgehead atoms. The van der Waals surface area contributed by atoms with Crippen LogP contribution in [0.4, 0.5) is 22.7 Å². The second-order valence-corrected chi connectivity index (χ2v) is 7.06. The molecule has 0 aliphatic carbocycles. The Morgan fingerprint density at radius 2 is 0.941 bits per heavy atom. The quantitative estimate of drug-likeness (QED) is 0.371. The Labute approximate surface area is 194 Å². The summed E-state index contributed by atoms with van der Waals surface area (Å²) < 4.78 is 9.39. The predicted octanol–water partition coefficient (Wildman–Crippen LogP) is 2.94. The van der Waals surface area contributed by atoms with E-state index < -0.39 is 23.8 Å². The fourth-order valence-corrected chi connectivity index (χ4v) is 3.14. The molecule has 0 unspecified atom stereocenters. The number of rotatable bonds is 8. The standard InChI is InChI=1S/C24H22N4O6/c1-33-23(31)13-3-7-15(8-4-13)27-19-11-17(21(25)29)18(22(26)30)12-20(19)28-16-9-5-14(6-10-16)24(32)34-2/h3-12,27-28H,1-2H3,(H2,25,29)(H2,26,30). The number of methoxy groups -OCH3 is 2. The molecule has 10 nitrogen and oxygen atoms in total. The summed E-state index contributed by atoms with van der Waals surface area (Å²) >= 11 is 0. The molecule has 0 saturated carbocycles. The molecule has 0 heterocycles. The number of nitrogens with one attached hydrogen (secondary N) is 2. The number of amides is 2. The van der Waals surface area contributed by atoms with Crippen molar-refractivity contribution in [1.29, 1.82) is 0 Å². The second-order valence-electron chi connectivity index (χ2n) is 7.06. The van der Waals surface area contributed by atoms with Gasteiger partial charge in [0, 0.05) is 11.4 Å². The van der Waals surface area contributed by atoms with Crippen molar-refractivity contribution in [3.8, 4) is 0 Å². The van der Waals surface area contributed by atoms with Gasteiger partial charge in [-0.05, 0) is 60.7 Å². The van der Waals surface area contributed by atoms with Gasteiger partial charge >= 0.3 is 11.9 Å². The van der Waals surface area contributed by atoms with Crippen molar-refractivity contribution in [3.63, 3.8) is 0 Å². The van der Waals surface area contributed by atoms with Crippen molar-refractivity contribution in [2.45, 2.75) is 0 Å². The Morgan fingerprint density at radius 1 is 0.618 bits per heavy atom. The molecule has 0 radical (unpaired) electrons. The summed E-state index contributed by atoms with van der Waals surface area (Å²) in [7, 11) is 2.58. The topological polar surface area (TPSA) is 163 Å². The van der Waals surface area contributed by atoms with Gasteiger partial charge in [0.05, 0.1) is 47.8 Å². The lowest BCUT2D eigenvalue weighted by molar-refractivity contribution is 0.0592. The molecule has 3 aromatic carbocycles. The minimum absolute atomic E-state index is 0.0622. The molecule has 3 rings (SSSR count). The van der Waals surface area contributed by atoms with E-state index in [4.69, 9.17) is 20.9 Å². The van der Waals surface area contributed by atoms with Crippen LogP contribution in [0.15, 0.2) is 60.7 Å². The Bertz CT molecular complexity index is 1160. The van der Waals surface area contributed by atoms with E-state index in [1.54, 1.807) is 48.5 Å². The molecular formula is C24H22N4O6. The van der Waals surface area contributed by atoms with Crippen LogP contribution < -0.4 is 22.1 Å². The Kier molecular flexibility index (Phi) is 7.12. The molecule has 0 aromatic heterocycles. The zero-order chi connectivity index (χ0) is 24.8. The average Bonchev–Trinajstić information content (AvgIpc) is 2.84. The molecule has 2 amide bonds. The molecule has 6 N–H and O–H groups in total. The first-order valence-electron chi connectivity index (χ1n) is 9.92. The third kappa shape index (κ3) is 5.30. The monoisotopic (exact) mass is 462 g/mol. The molecule has 0 fully saturated rings. The summed E-state index contributed by atoms with van der Waals surface area (Å²) in [5.41, 5.74) is 13.5. The van der Waals surface area contributed by atoms with Crippen molar-refractivity contribution in [2.75, 3.05) is 24.9 Å². The lowest BCUT2D eigenvalue weighted by Gasteiger charge is -2.17. The van der Waals surface area contributed by atoms with Crippen molar-refractivity contribution in [1.82, 2.24) is 0 Å². The number of carbonyl (C=O) groups is 4. The van der Waals surface area contributed by atoms with Crippen LogP contribution in [-0.2, 0) is 9.47 Å². The van der Waals surface area contributed by atoms with Crippen LogP contribution in [0.1, 0.15) is 41.4 Å². The van der Waals surface area contributed by atoms with Crippen LogP contribution in [0.3, 0.4) is 0 Å². The van der Waals surface area contributed by atoms with Crippen molar-refractivity contribution < 1.29 is 28.7 Å². The zero-order valence-electron chi connectivity index (χ0n) is 18.4. The molecule has 3 aromatic rings. The smallest absolute Gasteiger partial charge is 0.337 e. The number of anilines is 4. The summed E-state index contributed by atoms with van der Waals surface area (Å²) in [5, 5.41) is 6.26. The van der Waals surface area contributed by atoms with Gasteiger partial charge in [-0.15, -0.1) is 0 Å².